The third-order valence-electron chi connectivity index (χ3n) is 6.00. The highest BCUT2D eigenvalue weighted by molar-refractivity contribution is 7.92. The van der Waals surface area contributed by atoms with Crippen molar-refractivity contribution in [2.45, 2.75) is 44.7 Å². The van der Waals surface area contributed by atoms with Crippen molar-refractivity contribution in [3.63, 3.8) is 0 Å². The first-order chi connectivity index (χ1) is 18.1. The number of benzene rings is 3. The van der Waals surface area contributed by atoms with Gasteiger partial charge in [-0.2, -0.15) is 0 Å². The fourth-order valence-electron chi connectivity index (χ4n) is 4.01. The van der Waals surface area contributed by atoms with Gasteiger partial charge in [0.05, 0.1) is 15.6 Å². The maximum Gasteiger partial charge on any atom is 0.264 e. The second-order valence-electron chi connectivity index (χ2n) is 8.75. The fraction of sp³-hybridized carbons (Fsp3) is 0.286. The summed E-state index contributed by atoms with van der Waals surface area (Å²) in [6, 6.07) is 19.0. The number of nitrogens with one attached hydrogen (secondary N) is 1. The number of aryl methyl sites for hydroxylation is 1. The first-order valence-corrected chi connectivity index (χ1v) is 14.4. The Bertz CT molecular complexity index is 1370. The van der Waals surface area contributed by atoms with Crippen molar-refractivity contribution >= 4 is 50.7 Å². The molecule has 0 aliphatic rings. The molecule has 0 aliphatic heterocycles. The summed E-state index contributed by atoms with van der Waals surface area (Å²) < 4.78 is 28.6. The molecule has 0 saturated carbocycles. The van der Waals surface area contributed by atoms with Crippen molar-refractivity contribution < 1.29 is 18.0 Å². The number of hydrogen-bond donors (Lipinski definition) is 1. The number of nitrogens with zero attached hydrogens (tertiary/aromatic N) is 2. The van der Waals surface area contributed by atoms with Gasteiger partial charge in [-0.25, -0.2) is 8.42 Å². The molecule has 0 spiro atoms. The quantitative estimate of drug-likeness (QED) is 0.330. The van der Waals surface area contributed by atoms with Crippen molar-refractivity contribution in [2.75, 3.05) is 17.4 Å². The lowest BCUT2D eigenvalue weighted by Crippen LogP contribution is -2.52. The van der Waals surface area contributed by atoms with E-state index in [1.54, 1.807) is 25.1 Å². The molecule has 3 aromatic rings. The largest absolute Gasteiger partial charge is 0.355 e. The second-order valence-corrected chi connectivity index (χ2v) is 11.5. The molecule has 0 unspecified atom stereocenters. The van der Waals surface area contributed by atoms with Crippen molar-refractivity contribution in [1.29, 1.82) is 0 Å². The number of carbonyl (C=O) groups excluding carboxylic acids is 2. The highest BCUT2D eigenvalue weighted by Gasteiger charge is 2.34. The summed E-state index contributed by atoms with van der Waals surface area (Å²) in [5, 5.41) is 3.15. The monoisotopic (exact) mass is 575 g/mol. The molecule has 1 N–H and O–H groups in total. The SMILES string of the molecule is CCNC(=O)[C@@H](CC)N(Cc1ccc(C)cc1)C(=O)CN(c1cc(Cl)ccc1Cl)S(=O)(=O)c1ccccc1. The van der Waals surface area contributed by atoms with Crippen molar-refractivity contribution in [1.82, 2.24) is 10.2 Å². The zero-order chi connectivity index (χ0) is 27.9. The molecule has 0 aliphatic carbocycles. The summed E-state index contributed by atoms with van der Waals surface area (Å²) in [5.74, 6) is -0.868. The van der Waals surface area contributed by atoms with Gasteiger partial charge in [-0.15, -0.1) is 0 Å². The van der Waals surface area contributed by atoms with Crippen LogP contribution in [0.5, 0.6) is 0 Å². The van der Waals surface area contributed by atoms with Crippen LogP contribution in [0, 0.1) is 6.92 Å². The average molecular weight is 577 g/mol. The molecular formula is C28H31Cl2N3O4S. The van der Waals surface area contributed by atoms with Crippen LogP contribution in [0.25, 0.3) is 0 Å². The average Bonchev–Trinajstić information content (AvgIpc) is 2.90. The van der Waals surface area contributed by atoms with Gasteiger partial charge in [0.1, 0.15) is 12.6 Å². The van der Waals surface area contributed by atoms with E-state index < -0.39 is 28.5 Å². The van der Waals surface area contributed by atoms with E-state index in [4.69, 9.17) is 23.2 Å². The van der Waals surface area contributed by atoms with Crippen LogP contribution >= 0.6 is 23.2 Å². The molecule has 0 heterocycles. The molecular weight excluding hydrogens is 545 g/mol. The lowest BCUT2D eigenvalue weighted by atomic mass is 10.1. The van der Waals surface area contributed by atoms with Crippen LogP contribution < -0.4 is 9.62 Å². The maximum absolute atomic E-state index is 13.9. The van der Waals surface area contributed by atoms with Crippen molar-refractivity contribution in [3.05, 3.63) is 94.0 Å². The summed E-state index contributed by atoms with van der Waals surface area (Å²) in [7, 11) is -4.22. The molecule has 2 amide bonds. The molecule has 0 aromatic heterocycles. The molecule has 3 aromatic carbocycles. The number of anilines is 1. The van der Waals surface area contributed by atoms with Gasteiger partial charge in [0.2, 0.25) is 11.8 Å². The Balaban J connectivity index is 2.08. The summed E-state index contributed by atoms with van der Waals surface area (Å²) in [5.41, 5.74) is 1.93. The lowest BCUT2D eigenvalue weighted by Gasteiger charge is -2.33. The fourth-order valence-corrected chi connectivity index (χ4v) is 5.89. The minimum Gasteiger partial charge on any atom is -0.355 e. The first-order valence-electron chi connectivity index (χ1n) is 12.2. The van der Waals surface area contributed by atoms with E-state index in [2.05, 4.69) is 5.32 Å². The summed E-state index contributed by atoms with van der Waals surface area (Å²) in [4.78, 5) is 28.3. The van der Waals surface area contributed by atoms with Gasteiger partial charge in [-0.05, 0) is 56.2 Å². The van der Waals surface area contributed by atoms with Gasteiger partial charge in [-0.1, -0.05) is 78.2 Å². The van der Waals surface area contributed by atoms with Crippen LogP contribution in [0.3, 0.4) is 0 Å². The van der Waals surface area contributed by atoms with Gasteiger partial charge >= 0.3 is 0 Å². The van der Waals surface area contributed by atoms with Crippen LogP contribution in [0.4, 0.5) is 5.69 Å². The zero-order valence-electron chi connectivity index (χ0n) is 21.5. The topological polar surface area (TPSA) is 86.8 Å². The van der Waals surface area contributed by atoms with E-state index in [-0.39, 0.29) is 33.1 Å². The molecule has 7 nitrogen and oxygen atoms in total. The maximum atomic E-state index is 13.9. The first kappa shape index (κ1) is 29.5. The van der Waals surface area contributed by atoms with E-state index in [9.17, 15) is 18.0 Å². The molecule has 0 fully saturated rings. The Morgan fingerprint density at radius 2 is 1.61 bits per heavy atom. The van der Waals surface area contributed by atoms with Crippen LogP contribution in [0.15, 0.2) is 77.7 Å². The molecule has 1 atom stereocenters. The number of hydrogen-bond acceptors (Lipinski definition) is 4. The molecule has 38 heavy (non-hydrogen) atoms. The van der Waals surface area contributed by atoms with Gasteiger partial charge < -0.3 is 10.2 Å². The molecule has 10 heteroatoms. The second kappa shape index (κ2) is 13.1. The summed E-state index contributed by atoms with van der Waals surface area (Å²) in [6.45, 7) is 5.50. The number of carbonyl (C=O) groups is 2. The number of rotatable bonds is 11. The van der Waals surface area contributed by atoms with E-state index in [1.807, 2.05) is 38.1 Å². The van der Waals surface area contributed by atoms with E-state index in [0.717, 1.165) is 15.4 Å². The van der Waals surface area contributed by atoms with Gasteiger partial charge in [0, 0.05) is 18.1 Å². The summed E-state index contributed by atoms with van der Waals surface area (Å²) in [6.07, 6.45) is 0.340. The van der Waals surface area contributed by atoms with E-state index >= 15 is 0 Å². The number of halogens is 2. The Labute approximate surface area is 234 Å². The number of likely N-dealkylation sites (N-methyl/N-ethyl adjacent to an activating group) is 1. The normalized spacial score (nSPS) is 12.0. The minimum absolute atomic E-state index is 0.00954. The number of sulfonamides is 1. The van der Waals surface area contributed by atoms with Crippen LogP contribution in [-0.4, -0.2) is 44.3 Å². The molecule has 0 bridgehead atoms. The van der Waals surface area contributed by atoms with Crippen molar-refractivity contribution in [2.24, 2.45) is 0 Å². The third kappa shape index (κ3) is 7.07. The highest BCUT2D eigenvalue weighted by atomic mass is 35.5. The highest BCUT2D eigenvalue weighted by Crippen LogP contribution is 2.33. The third-order valence-corrected chi connectivity index (χ3v) is 8.33. The Hall–Kier alpha value is -3.07. The van der Waals surface area contributed by atoms with Crippen molar-refractivity contribution in [3.8, 4) is 0 Å². The van der Waals surface area contributed by atoms with Crippen LogP contribution in [-0.2, 0) is 26.2 Å². The Morgan fingerprint density at radius 3 is 2.21 bits per heavy atom. The molecule has 202 valence electrons. The smallest absolute Gasteiger partial charge is 0.264 e. The Morgan fingerprint density at radius 1 is 0.947 bits per heavy atom. The van der Waals surface area contributed by atoms with Crippen LogP contribution in [0.1, 0.15) is 31.4 Å². The van der Waals surface area contributed by atoms with Crippen LogP contribution in [0.2, 0.25) is 10.0 Å². The van der Waals surface area contributed by atoms with Gasteiger partial charge in [0.15, 0.2) is 0 Å². The standard InChI is InChI=1S/C28H31Cl2N3O4S/c1-4-25(28(35)31-5-2)32(18-21-13-11-20(3)12-14-21)27(34)19-33(26-17-22(29)15-16-24(26)30)38(36,37)23-9-7-6-8-10-23/h6-17,25H,4-5,18-19H2,1-3H3,(H,31,35)/t25-/m1/s1. The predicted octanol–water partition coefficient (Wildman–Crippen LogP) is 5.44. The number of amides is 2. The molecule has 0 radical (unpaired) electrons. The predicted molar refractivity (Wildman–Crippen MR) is 152 cm³/mol. The van der Waals surface area contributed by atoms with Gasteiger partial charge in [-0.3, -0.25) is 13.9 Å². The van der Waals surface area contributed by atoms with E-state index in [1.165, 1.54) is 35.2 Å². The minimum atomic E-state index is -4.22. The summed E-state index contributed by atoms with van der Waals surface area (Å²) >= 11 is 12.6. The molecule has 3 rings (SSSR count). The lowest BCUT2D eigenvalue weighted by molar-refractivity contribution is -0.140. The zero-order valence-corrected chi connectivity index (χ0v) is 23.9. The van der Waals surface area contributed by atoms with Gasteiger partial charge in [0.25, 0.3) is 10.0 Å². The Kier molecular flexibility index (Phi) is 10.2. The molecule has 0 saturated heterocycles. The van der Waals surface area contributed by atoms with E-state index in [0.29, 0.717) is 13.0 Å².